The second kappa shape index (κ2) is 9.46. The summed E-state index contributed by atoms with van der Waals surface area (Å²) < 4.78 is 2.22. The third kappa shape index (κ3) is 7.72. The molecule has 0 saturated heterocycles. The molecule has 0 radical (unpaired) electrons. The van der Waals surface area contributed by atoms with E-state index in [1.807, 2.05) is 6.08 Å². The van der Waals surface area contributed by atoms with Crippen LogP contribution in [0.15, 0.2) is 12.7 Å². The second-order valence-electron chi connectivity index (χ2n) is 3.19. The maximum absolute atomic E-state index is 8.67. The maximum atomic E-state index is 8.67. The number of nitrogens with zero attached hydrogens (tertiary/aromatic N) is 1. The van der Waals surface area contributed by atoms with E-state index in [0.717, 1.165) is 19.5 Å². The van der Waals surface area contributed by atoms with Gasteiger partial charge in [0.2, 0.25) is 0 Å². The van der Waals surface area contributed by atoms with Gasteiger partial charge in [-0.1, -0.05) is 19.9 Å². The number of hydrogen-bond donors (Lipinski definition) is 1. The first kappa shape index (κ1) is 12.4. The van der Waals surface area contributed by atoms with Gasteiger partial charge in [0.05, 0.1) is 6.61 Å². The summed E-state index contributed by atoms with van der Waals surface area (Å²) in [6.45, 7) is 8.13. The van der Waals surface area contributed by atoms with Crippen molar-refractivity contribution in [2.75, 3.05) is 19.7 Å². The molecule has 0 atom stereocenters. The average Bonchev–Trinajstić information content (AvgIpc) is 2.14. The van der Waals surface area contributed by atoms with Crippen molar-refractivity contribution in [2.24, 2.45) is 0 Å². The highest BCUT2D eigenvalue weighted by molar-refractivity contribution is 5.51. The minimum Gasteiger partial charge on any atom is -0.396 e. The molecule has 0 rings (SSSR count). The maximum Gasteiger partial charge on any atom is 0.160 e. The number of rotatable bonds is 8. The van der Waals surface area contributed by atoms with Crippen LogP contribution in [0.1, 0.15) is 32.6 Å². The van der Waals surface area contributed by atoms with Crippen LogP contribution in [0.4, 0.5) is 0 Å². The molecule has 0 aromatic rings. The molecule has 0 aromatic heterocycles. The van der Waals surface area contributed by atoms with E-state index in [0.29, 0.717) is 0 Å². The zero-order valence-corrected chi connectivity index (χ0v) is 8.71. The van der Waals surface area contributed by atoms with Gasteiger partial charge in [-0.05, 0) is 12.5 Å². The summed E-state index contributed by atoms with van der Waals surface area (Å²) in [5.41, 5.74) is 0. The Morgan fingerprint density at radius 1 is 1.38 bits per heavy atom. The van der Waals surface area contributed by atoms with Gasteiger partial charge in [-0.2, -0.15) is 0 Å². The molecule has 0 spiro atoms. The van der Waals surface area contributed by atoms with Gasteiger partial charge in [0.25, 0.3) is 0 Å². The lowest BCUT2D eigenvalue weighted by Crippen LogP contribution is -2.15. The zero-order chi connectivity index (χ0) is 9.94. The Kier molecular flexibility index (Phi) is 9.00. The normalized spacial score (nSPS) is 11.7. The lowest BCUT2D eigenvalue weighted by molar-refractivity contribution is -0.514. The number of hydrogen-bond acceptors (Lipinski definition) is 1. The molecule has 0 saturated carbocycles. The highest BCUT2D eigenvalue weighted by Gasteiger charge is 1.99. The summed E-state index contributed by atoms with van der Waals surface area (Å²) >= 11 is 0. The van der Waals surface area contributed by atoms with Crippen molar-refractivity contribution in [2.45, 2.75) is 32.6 Å². The predicted molar refractivity (Wildman–Crippen MR) is 57.5 cm³/mol. The number of aliphatic hydroxyl groups excluding tert-OH is 1. The monoisotopic (exact) mass is 184 g/mol. The van der Waals surface area contributed by atoms with Crippen LogP contribution < -0.4 is 0 Å². The fourth-order valence-electron chi connectivity index (χ4n) is 1.23. The molecular weight excluding hydrogens is 162 g/mol. The van der Waals surface area contributed by atoms with Gasteiger partial charge >= 0.3 is 0 Å². The Morgan fingerprint density at radius 3 is 2.69 bits per heavy atom. The predicted octanol–water partition coefficient (Wildman–Crippen LogP) is 1.83. The van der Waals surface area contributed by atoms with E-state index >= 15 is 0 Å². The first-order valence-electron chi connectivity index (χ1n) is 5.14. The SMILES string of the molecule is C=CC[N+](=CCCO)CCCCC. The van der Waals surface area contributed by atoms with E-state index in [1.165, 1.54) is 19.3 Å². The molecule has 0 fully saturated rings. The van der Waals surface area contributed by atoms with Crippen LogP contribution in [-0.4, -0.2) is 35.6 Å². The Morgan fingerprint density at radius 2 is 2.15 bits per heavy atom. The second-order valence-corrected chi connectivity index (χ2v) is 3.19. The van der Waals surface area contributed by atoms with E-state index < -0.39 is 0 Å². The summed E-state index contributed by atoms with van der Waals surface area (Å²) in [5.74, 6) is 0. The van der Waals surface area contributed by atoms with Gasteiger partial charge in [-0.25, -0.2) is 4.58 Å². The fraction of sp³-hybridized carbons (Fsp3) is 0.727. The first-order chi connectivity index (χ1) is 6.35. The van der Waals surface area contributed by atoms with Crippen LogP contribution in [0.3, 0.4) is 0 Å². The lowest BCUT2D eigenvalue weighted by Gasteiger charge is -2.00. The summed E-state index contributed by atoms with van der Waals surface area (Å²) in [6.07, 6.45) is 8.48. The van der Waals surface area contributed by atoms with Crippen LogP contribution in [0.2, 0.25) is 0 Å². The Hall–Kier alpha value is -0.630. The molecular formula is C11H22NO+. The molecule has 0 aliphatic rings. The van der Waals surface area contributed by atoms with Gasteiger partial charge in [0.1, 0.15) is 12.8 Å². The highest BCUT2D eigenvalue weighted by atomic mass is 16.2. The fourth-order valence-corrected chi connectivity index (χ4v) is 1.23. The smallest absolute Gasteiger partial charge is 0.160 e. The van der Waals surface area contributed by atoms with Crippen LogP contribution in [0.5, 0.6) is 0 Å². The molecule has 0 aliphatic carbocycles. The van der Waals surface area contributed by atoms with Crippen LogP contribution in [0, 0.1) is 0 Å². The highest BCUT2D eigenvalue weighted by Crippen LogP contribution is 1.94. The topological polar surface area (TPSA) is 23.2 Å². The van der Waals surface area contributed by atoms with E-state index in [2.05, 4.69) is 24.3 Å². The summed E-state index contributed by atoms with van der Waals surface area (Å²) in [7, 11) is 0. The largest absolute Gasteiger partial charge is 0.396 e. The molecule has 76 valence electrons. The molecule has 0 aliphatic heterocycles. The van der Waals surface area contributed by atoms with Gasteiger partial charge in [-0.15, -0.1) is 0 Å². The van der Waals surface area contributed by atoms with Crippen LogP contribution >= 0.6 is 0 Å². The summed E-state index contributed by atoms with van der Waals surface area (Å²) in [5, 5.41) is 8.67. The number of aliphatic hydroxyl groups is 1. The van der Waals surface area contributed by atoms with E-state index in [4.69, 9.17) is 5.11 Å². The first-order valence-corrected chi connectivity index (χ1v) is 5.14. The van der Waals surface area contributed by atoms with E-state index in [-0.39, 0.29) is 6.61 Å². The molecule has 0 unspecified atom stereocenters. The third-order valence-corrected chi connectivity index (χ3v) is 1.93. The van der Waals surface area contributed by atoms with Gasteiger partial charge in [0, 0.05) is 12.8 Å². The zero-order valence-electron chi connectivity index (χ0n) is 8.71. The van der Waals surface area contributed by atoms with Crippen LogP contribution in [0.25, 0.3) is 0 Å². The molecule has 0 bridgehead atoms. The number of unbranched alkanes of at least 4 members (excludes halogenated alkanes) is 2. The standard InChI is InChI=1S/C11H22NO/c1-3-5-6-9-12(8-4-2)10-7-11-13/h4,10,13H,2-3,5-9,11H2,1H3/q+1. The third-order valence-electron chi connectivity index (χ3n) is 1.93. The summed E-state index contributed by atoms with van der Waals surface area (Å²) in [4.78, 5) is 0. The van der Waals surface area contributed by atoms with Crippen molar-refractivity contribution in [1.82, 2.24) is 0 Å². The molecule has 13 heavy (non-hydrogen) atoms. The molecule has 2 nitrogen and oxygen atoms in total. The van der Waals surface area contributed by atoms with Crippen molar-refractivity contribution in [3.63, 3.8) is 0 Å². The molecule has 0 heterocycles. The molecule has 1 N–H and O–H groups in total. The Balaban J connectivity index is 3.72. The van der Waals surface area contributed by atoms with Crippen molar-refractivity contribution in [3.05, 3.63) is 12.7 Å². The lowest BCUT2D eigenvalue weighted by atomic mass is 10.2. The quantitative estimate of drug-likeness (QED) is 0.264. The van der Waals surface area contributed by atoms with Gasteiger partial charge in [-0.3, -0.25) is 0 Å². The van der Waals surface area contributed by atoms with Crippen molar-refractivity contribution in [3.8, 4) is 0 Å². The Labute approximate surface area is 81.6 Å². The molecule has 0 amide bonds. The summed E-state index contributed by atoms with van der Waals surface area (Å²) in [6, 6.07) is 0. The van der Waals surface area contributed by atoms with Crippen LogP contribution in [-0.2, 0) is 0 Å². The van der Waals surface area contributed by atoms with Crippen molar-refractivity contribution < 1.29 is 9.68 Å². The van der Waals surface area contributed by atoms with Gasteiger partial charge < -0.3 is 5.11 Å². The molecule has 0 aromatic carbocycles. The van der Waals surface area contributed by atoms with E-state index in [1.54, 1.807) is 0 Å². The van der Waals surface area contributed by atoms with Gasteiger partial charge in [0.15, 0.2) is 6.54 Å². The Bertz CT molecular complexity index is 152. The molecule has 2 heteroatoms. The average molecular weight is 184 g/mol. The van der Waals surface area contributed by atoms with Crippen molar-refractivity contribution in [1.29, 1.82) is 0 Å². The van der Waals surface area contributed by atoms with E-state index in [9.17, 15) is 0 Å². The van der Waals surface area contributed by atoms with Crippen molar-refractivity contribution >= 4 is 6.21 Å². The minimum atomic E-state index is 0.238. The minimum absolute atomic E-state index is 0.238.